The lowest BCUT2D eigenvalue weighted by Crippen LogP contribution is -1.69. The topological polar surface area (TPSA) is 17.1 Å². The van der Waals surface area contributed by atoms with Gasteiger partial charge in [-0.15, -0.1) is 0 Å². The molecule has 1 heteroatoms. The van der Waals surface area contributed by atoms with Crippen LogP contribution in [0, 0.1) is 0 Å². The van der Waals surface area contributed by atoms with E-state index in [1.165, 1.54) is 6.92 Å². The summed E-state index contributed by atoms with van der Waals surface area (Å²) in [5.41, 5.74) is 0. The summed E-state index contributed by atoms with van der Waals surface area (Å²) in [6, 6.07) is 0. The number of ketones is 1. The van der Waals surface area contributed by atoms with Crippen molar-refractivity contribution in [3.63, 3.8) is 0 Å². The summed E-state index contributed by atoms with van der Waals surface area (Å²) < 4.78 is 6.31. The van der Waals surface area contributed by atoms with Gasteiger partial charge in [-0.25, -0.2) is 0 Å². The third-order valence-corrected chi connectivity index (χ3v) is 0. The molecule has 0 rings (SSSR count). The molecule has 0 unspecified atom stereocenters. The smallest absolute Gasteiger partial charge is 0.126 e. The highest BCUT2D eigenvalue weighted by atomic mass is 16.1. The number of Topliss-reactive ketones (excluding diaryl/α,β-unsaturated/α-hetero) is 1. The van der Waals surface area contributed by atoms with E-state index in [0.29, 0.717) is 0 Å². The molecule has 1 nitrogen and oxygen atoms in total. The molecule has 0 aliphatic carbocycles. The fourth-order valence-corrected chi connectivity index (χ4v) is 0. The molecule has 0 aromatic rings. The molecule has 4 heavy (non-hydrogen) atoms. The molecule has 0 saturated heterocycles. The van der Waals surface area contributed by atoms with Crippen LogP contribution in [-0.4, -0.2) is 5.78 Å². The molecule has 0 aromatic heterocycles. The Labute approximate surface area is 27.0 Å². The molecule has 0 radical (unpaired) electrons. The zero-order chi connectivity index (χ0) is 4.28. The number of rotatable bonds is 0. The van der Waals surface area contributed by atoms with Crippen LogP contribution in [0.1, 0.15) is 15.2 Å². The third-order valence-electron chi connectivity index (χ3n) is 0. The fraction of sp³-hybridized carbons (Fsp3) is 0.667. The van der Waals surface area contributed by atoms with Crippen molar-refractivity contribution in [2.24, 2.45) is 0 Å². The zero-order valence-corrected chi connectivity index (χ0v) is 2.62. The molecule has 0 aliphatic heterocycles. The lowest BCUT2D eigenvalue weighted by atomic mass is 10.6. The van der Waals surface area contributed by atoms with E-state index in [1.807, 2.05) is 0 Å². The Morgan fingerprint density at radius 2 is 2.50 bits per heavy atom. The highest BCUT2D eigenvalue weighted by Gasteiger charge is 1.62. The first-order chi connectivity index (χ1) is 2.27. The highest BCUT2D eigenvalue weighted by molar-refractivity contribution is 5.72. The molecule has 0 saturated carbocycles. The molecule has 0 aliphatic rings. The predicted molar refractivity (Wildman–Crippen MR) is 16.4 cm³/mol. The van der Waals surface area contributed by atoms with Gasteiger partial charge in [0.2, 0.25) is 0 Å². The Bertz CT molecular complexity index is 42.2. The summed E-state index contributed by atoms with van der Waals surface area (Å²) in [4.78, 5) is 9.62. The van der Waals surface area contributed by atoms with Crippen LogP contribution in [0.2, 0.25) is 0 Å². The Morgan fingerprint density at radius 3 is 2.50 bits per heavy atom. The minimum Gasteiger partial charge on any atom is -0.300 e. The van der Waals surface area contributed by atoms with E-state index >= 15 is 0 Å². The monoisotopic (exact) mass is 59.0 g/mol. The van der Waals surface area contributed by atoms with Gasteiger partial charge in [0, 0.05) is 1.37 Å². The Balaban J connectivity index is 2.85. The molecule has 0 fully saturated rings. The SMILES string of the molecule is [2H]CC(C)=O. The van der Waals surface area contributed by atoms with Gasteiger partial charge >= 0.3 is 0 Å². The van der Waals surface area contributed by atoms with Gasteiger partial charge in [-0.2, -0.15) is 0 Å². The second-order valence-corrected chi connectivity index (χ2v) is 0.702. The van der Waals surface area contributed by atoms with Gasteiger partial charge in [-0.05, 0) is 13.8 Å². The van der Waals surface area contributed by atoms with Crippen LogP contribution < -0.4 is 0 Å². The van der Waals surface area contributed by atoms with Crippen LogP contribution in [0.3, 0.4) is 0 Å². The summed E-state index contributed by atoms with van der Waals surface area (Å²) in [5, 5.41) is 0. The maximum atomic E-state index is 9.62. The van der Waals surface area contributed by atoms with Crippen LogP contribution in [0.25, 0.3) is 0 Å². The minimum absolute atomic E-state index is 0.0787. The van der Waals surface area contributed by atoms with Crippen molar-refractivity contribution >= 4 is 5.78 Å². The molecular weight excluding hydrogens is 52.0 g/mol. The van der Waals surface area contributed by atoms with Gasteiger partial charge in [0.15, 0.2) is 0 Å². The Hall–Kier alpha value is -0.330. The average Bonchev–Trinajstić information content (AvgIpc) is 1.38. The summed E-state index contributed by atoms with van der Waals surface area (Å²) in [6.45, 7) is 1.31. The fourth-order valence-electron chi connectivity index (χ4n) is 0. The maximum absolute atomic E-state index is 9.62. The largest absolute Gasteiger partial charge is 0.300 e. The standard InChI is InChI=1S/C3H6O/c1-3(2)4/h1-2H3/i1D. The van der Waals surface area contributed by atoms with Crippen LogP contribution in [0.5, 0.6) is 0 Å². The normalized spacial score (nSPS) is 9.75. The number of carbonyl (C=O) groups is 1. The van der Waals surface area contributed by atoms with Gasteiger partial charge < -0.3 is 4.79 Å². The second-order valence-electron chi connectivity index (χ2n) is 0.702. The molecule has 0 amide bonds. The number of hydrogen-bond acceptors (Lipinski definition) is 1. The lowest BCUT2D eigenvalue weighted by Gasteiger charge is -1.56. The Kier molecular flexibility index (Phi) is 0.507. The van der Waals surface area contributed by atoms with Crippen molar-refractivity contribution in [1.82, 2.24) is 0 Å². The third kappa shape index (κ3) is 6.88. The molecule has 24 valence electrons. The highest BCUT2D eigenvalue weighted by Crippen LogP contribution is 1.50. The molecule has 0 N–H and O–H groups in total. The number of hydrogen-bond donors (Lipinski definition) is 0. The van der Waals surface area contributed by atoms with Gasteiger partial charge in [0.1, 0.15) is 5.78 Å². The van der Waals surface area contributed by atoms with Crippen LogP contribution in [0.15, 0.2) is 0 Å². The van der Waals surface area contributed by atoms with Crippen LogP contribution >= 0.6 is 0 Å². The quantitative estimate of drug-likeness (QED) is 0.399. The maximum Gasteiger partial charge on any atom is 0.126 e. The number of carbonyl (C=O) groups excluding carboxylic acids is 1. The van der Waals surface area contributed by atoms with Crippen LogP contribution in [-0.2, 0) is 4.79 Å². The molecule has 0 spiro atoms. The summed E-state index contributed by atoms with van der Waals surface area (Å²) in [5.74, 6) is -0.0787. The summed E-state index contributed by atoms with van der Waals surface area (Å²) in [6.07, 6.45) is 0. The lowest BCUT2D eigenvalue weighted by molar-refractivity contribution is -0.114. The molecule has 0 atom stereocenters. The first kappa shape index (κ1) is 1.94. The van der Waals surface area contributed by atoms with Crippen molar-refractivity contribution in [2.45, 2.75) is 13.8 Å². The van der Waals surface area contributed by atoms with E-state index in [1.54, 1.807) is 0 Å². The molecule has 0 aromatic carbocycles. The zero-order valence-electron chi connectivity index (χ0n) is 3.62. The minimum atomic E-state index is -0.0833. The Morgan fingerprint density at radius 1 is 2.25 bits per heavy atom. The van der Waals surface area contributed by atoms with Gasteiger partial charge in [0.25, 0.3) is 0 Å². The van der Waals surface area contributed by atoms with E-state index < -0.39 is 0 Å². The summed E-state index contributed by atoms with van der Waals surface area (Å²) >= 11 is 0. The van der Waals surface area contributed by atoms with Crippen molar-refractivity contribution < 1.29 is 6.17 Å². The van der Waals surface area contributed by atoms with E-state index in [4.69, 9.17) is 1.37 Å². The van der Waals surface area contributed by atoms with Crippen LogP contribution in [0.4, 0.5) is 0 Å². The van der Waals surface area contributed by atoms with Crippen molar-refractivity contribution in [3.8, 4) is 0 Å². The first-order valence-electron chi connectivity index (χ1n) is 1.76. The van der Waals surface area contributed by atoms with Crippen molar-refractivity contribution in [2.75, 3.05) is 0 Å². The second kappa shape index (κ2) is 1.04. The van der Waals surface area contributed by atoms with Gasteiger partial charge in [-0.1, -0.05) is 0 Å². The van der Waals surface area contributed by atoms with Crippen molar-refractivity contribution in [3.05, 3.63) is 0 Å². The van der Waals surface area contributed by atoms with Gasteiger partial charge in [0.05, 0.1) is 0 Å². The first-order valence-corrected chi connectivity index (χ1v) is 1.06. The molecule has 0 heterocycles. The van der Waals surface area contributed by atoms with Crippen molar-refractivity contribution in [1.29, 1.82) is 0 Å². The molecule has 0 bridgehead atoms. The molecular formula is C3H6O. The van der Waals surface area contributed by atoms with E-state index in [-0.39, 0.29) is 12.7 Å². The summed E-state index contributed by atoms with van der Waals surface area (Å²) in [7, 11) is 0. The van der Waals surface area contributed by atoms with E-state index in [9.17, 15) is 4.79 Å². The van der Waals surface area contributed by atoms with E-state index in [2.05, 4.69) is 0 Å². The van der Waals surface area contributed by atoms with E-state index in [0.717, 1.165) is 0 Å². The predicted octanol–water partition coefficient (Wildman–Crippen LogP) is 0.595. The van der Waals surface area contributed by atoms with Gasteiger partial charge in [-0.3, -0.25) is 0 Å². The average molecular weight is 59.1 g/mol.